The van der Waals surface area contributed by atoms with E-state index in [1.54, 1.807) is 6.20 Å². The number of carbonyl (C=O) groups is 1. The third-order valence-corrected chi connectivity index (χ3v) is 1.92. The number of hydrogen-bond acceptors (Lipinski definition) is 2. The van der Waals surface area contributed by atoms with Gasteiger partial charge < -0.3 is 10.3 Å². The Kier molecular flexibility index (Phi) is 1.70. The van der Waals surface area contributed by atoms with Gasteiger partial charge in [-0.1, -0.05) is 6.08 Å². The van der Waals surface area contributed by atoms with Gasteiger partial charge in [-0.2, -0.15) is 0 Å². The number of rotatable bonds is 0. The van der Waals surface area contributed by atoms with Crippen molar-refractivity contribution < 1.29 is 4.79 Å². The molecule has 0 unspecified atom stereocenters. The van der Waals surface area contributed by atoms with Gasteiger partial charge in [0.05, 0.1) is 5.69 Å². The lowest BCUT2D eigenvalue weighted by molar-refractivity contribution is 0.0980. The highest BCUT2D eigenvalue weighted by Crippen LogP contribution is 2.18. The predicted molar refractivity (Wildman–Crippen MR) is 47.1 cm³/mol. The summed E-state index contributed by atoms with van der Waals surface area (Å²) in [4.78, 5) is 14.3. The number of fused-ring (bicyclic) bond motifs is 1. The Morgan fingerprint density at radius 3 is 3.25 bits per heavy atom. The maximum absolute atomic E-state index is 11.4. The van der Waals surface area contributed by atoms with Gasteiger partial charge in [0.15, 0.2) is 5.78 Å². The second-order valence-electron chi connectivity index (χ2n) is 2.77. The lowest BCUT2D eigenvalue weighted by atomic mass is 10.1. The summed E-state index contributed by atoms with van der Waals surface area (Å²) in [5, 5.41) is 3.04. The molecule has 2 rings (SSSR count). The normalized spacial score (nSPS) is 16.2. The predicted octanol–water partition coefficient (Wildman–Crippen LogP) is 1.92. The van der Waals surface area contributed by atoms with Crippen LogP contribution in [0.4, 0.5) is 5.69 Å². The van der Waals surface area contributed by atoms with Crippen LogP contribution < -0.4 is 5.32 Å². The maximum Gasteiger partial charge on any atom is 0.181 e. The molecule has 62 valence electrons. The fourth-order valence-corrected chi connectivity index (χ4v) is 1.29. The van der Waals surface area contributed by atoms with E-state index in [9.17, 15) is 4.79 Å². The summed E-state index contributed by atoms with van der Waals surface area (Å²) >= 11 is 0. The van der Waals surface area contributed by atoms with Crippen molar-refractivity contribution in [1.29, 1.82) is 0 Å². The first-order valence-corrected chi connectivity index (χ1v) is 4.00. The Hall–Kier alpha value is -1.51. The van der Waals surface area contributed by atoms with Crippen LogP contribution in [0.3, 0.4) is 0 Å². The van der Waals surface area contributed by atoms with Gasteiger partial charge in [-0.05, 0) is 18.7 Å². The molecule has 0 aromatic carbocycles. The molecule has 0 atom stereocenters. The smallest absolute Gasteiger partial charge is 0.181 e. The van der Waals surface area contributed by atoms with Gasteiger partial charge in [0.2, 0.25) is 0 Å². The summed E-state index contributed by atoms with van der Waals surface area (Å²) in [5.74, 6) is 0.173. The van der Waals surface area contributed by atoms with Gasteiger partial charge in [0.25, 0.3) is 0 Å². The molecule has 0 spiro atoms. The van der Waals surface area contributed by atoms with Gasteiger partial charge in [0.1, 0.15) is 5.69 Å². The molecule has 2 heterocycles. The molecule has 2 N–H and O–H groups in total. The molecule has 0 saturated carbocycles. The zero-order chi connectivity index (χ0) is 8.39. The van der Waals surface area contributed by atoms with Crippen LogP contribution in [0.25, 0.3) is 0 Å². The van der Waals surface area contributed by atoms with Crippen molar-refractivity contribution in [2.75, 3.05) is 5.32 Å². The van der Waals surface area contributed by atoms with E-state index >= 15 is 0 Å². The largest absolute Gasteiger partial charge is 0.360 e. The number of H-pyrrole nitrogens is 1. The number of aromatic nitrogens is 1. The summed E-state index contributed by atoms with van der Waals surface area (Å²) in [6, 6.07) is 1.86. The standard InChI is InChI=1S/C9H10N2O/c12-8-3-1-2-5-10-7-4-6-11-9(7)8/h2,4-6,10-11H,1,3H2. The third-order valence-electron chi connectivity index (χ3n) is 1.92. The molecular formula is C9H10N2O. The quantitative estimate of drug-likeness (QED) is 0.612. The molecule has 3 heteroatoms. The van der Waals surface area contributed by atoms with Crippen LogP contribution >= 0.6 is 0 Å². The molecule has 0 radical (unpaired) electrons. The molecule has 12 heavy (non-hydrogen) atoms. The van der Waals surface area contributed by atoms with Crippen molar-refractivity contribution >= 4 is 11.5 Å². The van der Waals surface area contributed by atoms with E-state index in [2.05, 4.69) is 10.3 Å². The van der Waals surface area contributed by atoms with Gasteiger partial charge >= 0.3 is 0 Å². The summed E-state index contributed by atoms with van der Waals surface area (Å²) in [6.45, 7) is 0. The van der Waals surface area contributed by atoms with Crippen molar-refractivity contribution in [2.24, 2.45) is 0 Å². The lowest BCUT2D eigenvalue weighted by Gasteiger charge is -2.05. The molecule has 1 aliphatic rings. The van der Waals surface area contributed by atoms with Gasteiger partial charge in [-0.25, -0.2) is 0 Å². The van der Waals surface area contributed by atoms with E-state index in [0.717, 1.165) is 12.1 Å². The Bertz CT molecular complexity index is 325. The highest BCUT2D eigenvalue weighted by molar-refractivity contribution is 5.99. The Balaban J connectivity index is 2.40. The van der Waals surface area contributed by atoms with Crippen LogP contribution in [0.1, 0.15) is 23.3 Å². The van der Waals surface area contributed by atoms with Crippen LogP contribution in [-0.2, 0) is 0 Å². The summed E-state index contributed by atoms with van der Waals surface area (Å²) in [5.41, 5.74) is 1.57. The molecule has 0 fully saturated rings. The SMILES string of the molecule is O=C1CCC=CNc2cc[nH]c21. The van der Waals surface area contributed by atoms with Gasteiger partial charge in [0, 0.05) is 12.6 Å². The molecule has 0 aliphatic carbocycles. The van der Waals surface area contributed by atoms with Crippen molar-refractivity contribution in [3.63, 3.8) is 0 Å². The molecule has 0 saturated heterocycles. The number of allylic oxidation sites excluding steroid dienone is 1. The summed E-state index contributed by atoms with van der Waals surface area (Å²) in [7, 11) is 0. The fourth-order valence-electron chi connectivity index (χ4n) is 1.29. The second kappa shape index (κ2) is 2.85. The number of carbonyl (C=O) groups excluding carboxylic acids is 1. The Morgan fingerprint density at radius 2 is 2.33 bits per heavy atom. The highest BCUT2D eigenvalue weighted by atomic mass is 16.1. The average Bonchev–Trinajstić information content (AvgIpc) is 2.47. The molecule has 0 bridgehead atoms. The number of aromatic amines is 1. The first-order chi connectivity index (χ1) is 5.88. The first-order valence-electron chi connectivity index (χ1n) is 4.00. The summed E-state index contributed by atoms with van der Waals surface area (Å²) < 4.78 is 0. The summed E-state index contributed by atoms with van der Waals surface area (Å²) in [6.07, 6.45) is 7.01. The highest BCUT2D eigenvalue weighted by Gasteiger charge is 2.12. The number of anilines is 1. The minimum atomic E-state index is 0.173. The second-order valence-corrected chi connectivity index (χ2v) is 2.77. The Labute approximate surface area is 70.5 Å². The zero-order valence-electron chi connectivity index (χ0n) is 6.63. The van der Waals surface area contributed by atoms with Crippen molar-refractivity contribution in [2.45, 2.75) is 12.8 Å². The minimum Gasteiger partial charge on any atom is -0.360 e. The van der Waals surface area contributed by atoms with Gasteiger partial charge in [-0.15, -0.1) is 0 Å². The number of Topliss-reactive ketones (excluding diaryl/α,β-unsaturated/α-hetero) is 1. The minimum absolute atomic E-state index is 0.173. The molecule has 1 aliphatic heterocycles. The zero-order valence-corrected chi connectivity index (χ0v) is 6.63. The van der Waals surface area contributed by atoms with E-state index < -0.39 is 0 Å². The van der Waals surface area contributed by atoms with Crippen LogP contribution in [-0.4, -0.2) is 10.8 Å². The monoisotopic (exact) mass is 162 g/mol. The van der Waals surface area contributed by atoms with Crippen LogP contribution in [0.5, 0.6) is 0 Å². The molecule has 0 amide bonds. The van der Waals surface area contributed by atoms with Crippen LogP contribution in [0.2, 0.25) is 0 Å². The van der Waals surface area contributed by atoms with E-state index in [0.29, 0.717) is 12.1 Å². The van der Waals surface area contributed by atoms with Crippen LogP contribution in [0.15, 0.2) is 24.5 Å². The lowest BCUT2D eigenvalue weighted by Crippen LogP contribution is -2.04. The molecular weight excluding hydrogens is 152 g/mol. The Morgan fingerprint density at radius 1 is 1.42 bits per heavy atom. The average molecular weight is 162 g/mol. The molecule has 1 aromatic rings. The van der Waals surface area contributed by atoms with Crippen molar-refractivity contribution in [3.05, 3.63) is 30.2 Å². The van der Waals surface area contributed by atoms with E-state index in [4.69, 9.17) is 0 Å². The number of ketones is 1. The van der Waals surface area contributed by atoms with E-state index in [-0.39, 0.29) is 5.78 Å². The van der Waals surface area contributed by atoms with Crippen molar-refractivity contribution in [3.8, 4) is 0 Å². The number of hydrogen-bond donors (Lipinski definition) is 2. The first kappa shape index (κ1) is 7.16. The van der Waals surface area contributed by atoms with E-state index in [1.807, 2.05) is 18.3 Å². The topological polar surface area (TPSA) is 44.9 Å². The third kappa shape index (κ3) is 1.13. The molecule has 1 aromatic heterocycles. The fraction of sp³-hybridized carbons (Fsp3) is 0.222. The maximum atomic E-state index is 11.4. The van der Waals surface area contributed by atoms with Crippen LogP contribution in [0, 0.1) is 0 Å². The van der Waals surface area contributed by atoms with Gasteiger partial charge in [-0.3, -0.25) is 4.79 Å². The van der Waals surface area contributed by atoms with E-state index in [1.165, 1.54) is 0 Å². The van der Waals surface area contributed by atoms with Crippen molar-refractivity contribution in [1.82, 2.24) is 4.98 Å². The number of nitrogens with one attached hydrogen (secondary N) is 2. The molecule has 3 nitrogen and oxygen atoms in total.